The van der Waals surface area contributed by atoms with E-state index in [1.54, 1.807) is 12.1 Å². The molecule has 1 aromatic carbocycles. The second-order valence-corrected chi connectivity index (χ2v) is 6.28. The van der Waals surface area contributed by atoms with E-state index in [1.165, 1.54) is 6.07 Å². The van der Waals surface area contributed by atoms with Crippen LogP contribution in [-0.2, 0) is 6.42 Å². The Morgan fingerprint density at radius 1 is 1.38 bits per heavy atom. The van der Waals surface area contributed by atoms with Gasteiger partial charge in [-0.2, -0.15) is 0 Å². The molecule has 0 saturated heterocycles. The minimum Gasteiger partial charge on any atom is -0.378 e. The molecule has 1 heterocycles. The monoisotopic (exact) mass is 350 g/mol. The highest BCUT2D eigenvalue weighted by Gasteiger charge is 2.21. The molecule has 0 radical (unpaired) electrons. The first-order valence-corrected chi connectivity index (χ1v) is 7.78. The average molecular weight is 351 g/mol. The van der Waals surface area contributed by atoms with E-state index in [0.29, 0.717) is 4.47 Å². The maximum atomic E-state index is 13.5. The van der Waals surface area contributed by atoms with Crippen LogP contribution >= 0.6 is 15.9 Å². The van der Waals surface area contributed by atoms with Gasteiger partial charge in [0, 0.05) is 17.4 Å². The fourth-order valence-electron chi connectivity index (χ4n) is 2.84. The number of aromatic nitrogens is 1. The molecule has 0 fully saturated rings. The van der Waals surface area contributed by atoms with Crippen LogP contribution in [0.2, 0.25) is 0 Å². The summed E-state index contributed by atoms with van der Waals surface area (Å²) < 4.78 is 14.0. The van der Waals surface area contributed by atoms with E-state index < -0.39 is 0 Å². The van der Waals surface area contributed by atoms with Crippen LogP contribution in [0.25, 0.3) is 0 Å². The Hall–Kier alpha value is -1.62. The van der Waals surface area contributed by atoms with Gasteiger partial charge in [-0.15, -0.1) is 0 Å². The number of benzene rings is 1. The Labute approximate surface area is 130 Å². The molecule has 1 aliphatic rings. The molecule has 0 bridgehead atoms. The Balaban J connectivity index is 1.94. The highest BCUT2D eigenvalue weighted by Crippen LogP contribution is 2.33. The zero-order valence-corrected chi connectivity index (χ0v) is 13.3. The Morgan fingerprint density at radius 3 is 3.00 bits per heavy atom. The van der Waals surface area contributed by atoms with Gasteiger partial charge in [-0.3, -0.25) is 4.79 Å². The number of H-pyrrole nitrogens is 1. The number of hydrogen-bond donors (Lipinski definition) is 2. The largest absolute Gasteiger partial charge is 0.378 e. The SMILES string of the molecule is Cc1cc(F)c(Br)cc1NC1CCCc2[nH]c(=O)ccc21. The first-order chi connectivity index (χ1) is 10.0. The van der Waals surface area contributed by atoms with Crippen LogP contribution in [0.3, 0.4) is 0 Å². The van der Waals surface area contributed by atoms with Gasteiger partial charge in [0.25, 0.3) is 0 Å². The minimum atomic E-state index is -0.258. The van der Waals surface area contributed by atoms with Crippen molar-refractivity contribution in [3.8, 4) is 0 Å². The van der Waals surface area contributed by atoms with Gasteiger partial charge >= 0.3 is 0 Å². The summed E-state index contributed by atoms with van der Waals surface area (Å²) in [6.07, 6.45) is 2.91. The molecule has 1 aliphatic carbocycles. The highest BCUT2D eigenvalue weighted by atomic mass is 79.9. The fraction of sp³-hybridized carbons (Fsp3) is 0.312. The summed E-state index contributed by atoms with van der Waals surface area (Å²) in [6, 6.07) is 6.88. The van der Waals surface area contributed by atoms with E-state index in [-0.39, 0.29) is 17.4 Å². The Kier molecular flexibility index (Phi) is 3.85. The average Bonchev–Trinajstić information content (AvgIpc) is 2.44. The minimum absolute atomic E-state index is 0.0601. The molecule has 2 aromatic rings. The predicted octanol–water partition coefficient (Wildman–Crippen LogP) is 4.07. The van der Waals surface area contributed by atoms with E-state index >= 15 is 0 Å². The summed E-state index contributed by atoms with van der Waals surface area (Å²) in [5, 5.41) is 3.47. The van der Waals surface area contributed by atoms with Gasteiger partial charge in [-0.05, 0) is 71.4 Å². The summed E-state index contributed by atoms with van der Waals surface area (Å²) in [5.74, 6) is -0.258. The molecule has 3 nitrogen and oxygen atoms in total. The smallest absolute Gasteiger partial charge is 0.248 e. The van der Waals surface area contributed by atoms with Crippen molar-refractivity contribution in [3.05, 3.63) is 61.7 Å². The van der Waals surface area contributed by atoms with E-state index in [9.17, 15) is 9.18 Å². The molecule has 3 rings (SSSR count). The molecule has 2 N–H and O–H groups in total. The van der Waals surface area contributed by atoms with Crippen molar-refractivity contribution in [3.63, 3.8) is 0 Å². The lowest BCUT2D eigenvalue weighted by atomic mass is 9.91. The molecule has 0 spiro atoms. The number of halogens is 2. The van der Waals surface area contributed by atoms with Crippen LogP contribution in [0.4, 0.5) is 10.1 Å². The standard InChI is InChI=1S/C16H16BrFN2O/c1-9-7-12(18)11(17)8-15(9)19-13-3-2-4-14-10(13)5-6-16(21)20-14/h5-8,13,19H,2-4H2,1H3,(H,20,21). The summed E-state index contributed by atoms with van der Waals surface area (Å²) in [5.41, 5.74) is 3.85. The number of aromatic amines is 1. The molecular formula is C16H16BrFN2O. The van der Waals surface area contributed by atoms with Crippen molar-refractivity contribution < 1.29 is 4.39 Å². The van der Waals surface area contributed by atoms with Crippen molar-refractivity contribution in [2.24, 2.45) is 0 Å². The van der Waals surface area contributed by atoms with E-state index in [1.807, 2.05) is 13.0 Å². The summed E-state index contributed by atoms with van der Waals surface area (Å²) in [4.78, 5) is 14.3. The van der Waals surface area contributed by atoms with Crippen molar-refractivity contribution in [1.29, 1.82) is 0 Å². The molecule has 0 saturated carbocycles. The van der Waals surface area contributed by atoms with Crippen LogP contribution in [-0.4, -0.2) is 4.98 Å². The fourth-order valence-corrected chi connectivity index (χ4v) is 3.18. The highest BCUT2D eigenvalue weighted by molar-refractivity contribution is 9.10. The van der Waals surface area contributed by atoms with Crippen molar-refractivity contribution in [2.45, 2.75) is 32.2 Å². The number of nitrogens with one attached hydrogen (secondary N) is 2. The van der Waals surface area contributed by atoms with Crippen LogP contribution in [0.1, 0.15) is 35.7 Å². The second-order valence-electron chi connectivity index (χ2n) is 5.43. The van der Waals surface area contributed by atoms with Crippen LogP contribution < -0.4 is 10.9 Å². The predicted molar refractivity (Wildman–Crippen MR) is 85.2 cm³/mol. The molecule has 1 aromatic heterocycles. The summed E-state index contributed by atoms with van der Waals surface area (Å²) >= 11 is 3.22. The van der Waals surface area contributed by atoms with Gasteiger partial charge < -0.3 is 10.3 Å². The zero-order chi connectivity index (χ0) is 15.0. The maximum absolute atomic E-state index is 13.5. The van der Waals surface area contributed by atoms with E-state index in [4.69, 9.17) is 0 Å². The molecule has 1 atom stereocenters. The Bertz CT molecular complexity index is 742. The molecule has 0 amide bonds. The van der Waals surface area contributed by atoms with Gasteiger partial charge in [0.15, 0.2) is 0 Å². The van der Waals surface area contributed by atoms with Crippen LogP contribution in [0, 0.1) is 12.7 Å². The van der Waals surface area contributed by atoms with Crippen molar-refractivity contribution in [2.75, 3.05) is 5.32 Å². The number of anilines is 1. The molecule has 5 heteroatoms. The third-order valence-corrected chi connectivity index (χ3v) is 4.54. The van der Waals surface area contributed by atoms with E-state index in [2.05, 4.69) is 26.2 Å². The van der Waals surface area contributed by atoms with Gasteiger partial charge in [0.2, 0.25) is 5.56 Å². The number of rotatable bonds is 2. The number of fused-ring (bicyclic) bond motifs is 1. The lowest BCUT2D eigenvalue weighted by Crippen LogP contribution is -2.22. The molecule has 21 heavy (non-hydrogen) atoms. The quantitative estimate of drug-likeness (QED) is 0.857. The van der Waals surface area contributed by atoms with Gasteiger partial charge in [0.05, 0.1) is 10.5 Å². The maximum Gasteiger partial charge on any atom is 0.248 e. The lowest BCUT2D eigenvalue weighted by Gasteiger charge is -2.27. The van der Waals surface area contributed by atoms with Gasteiger partial charge in [-0.1, -0.05) is 0 Å². The normalized spacial score (nSPS) is 17.4. The van der Waals surface area contributed by atoms with E-state index in [0.717, 1.165) is 41.8 Å². The number of pyridine rings is 1. The van der Waals surface area contributed by atoms with Crippen molar-refractivity contribution >= 4 is 21.6 Å². The first-order valence-electron chi connectivity index (χ1n) is 6.99. The lowest BCUT2D eigenvalue weighted by molar-refractivity contribution is 0.585. The number of aryl methyl sites for hydroxylation is 2. The van der Waals surface area contributed by atoms with Crippen LogP contribution in [0.15, 0.2) is 33.5 Å². The summed E-state index contributed by atoms with van der Waals surface area (Å²) in [6.45, 7) is 1.88. The molecule has 1 unspecified atom stereocenters. The van der Waals surface area contributed by atoms with Crippen LogP contribution in [0.5, 0.6) is 0 Å². The molecule has 110 valence electrons. The molecular weight excluding hydrogens is 335 g/mol. The zero-order valence-electron chi connectivity index (χ0n) is 11.7. The van der Waals surface area contributed by atoms with Gasteiger partial charge in [0.1, 0.15) is 5.82 Å². The third-order valence-electron chi connectivity index (χ3n) is 3.93. The molecule has 0 aliphatic heterocycles. The first kappa shape index (κ1) is 14.3. The Morgan fingerprint density at radius 2 is 2.19 bits per heavy atom. The van der Waals surface area contributed by atoms with Crippen molar-refractivity contribution in [1.82, 2.24) is 4.98 Å². The number of hydrogen-bond acceptors (Lipinski definition) is 2. The third kappa shape index (κ3) is 2.88. The second kappa shape index (κ2) is 5.64. The summed E-state index contributed by atoms with van der Waals surface area (Å²) in [7, 11) is 0. The van der Waals surface area contributed by atoms with Gasteiger partial charge in [-0.25, -0.2) is 4.39 Å². The topological polar surface area (TPSA) is 44.9 Å².